The van der Waals surface area contributed by atoms with Crippen molar-refractivity contribution in [2.24, 2.45) is 0 Å². The van der Waals surface area contributed by atoms with Crippen LogP contribution in [0.4, 0.5) is 5.00 Å². The number of nitrogens with zero attached hydrogens (tertiary/aromatic N) is 2. The van der Waals surface area contributed by atoms with Gasteiger partial charge in [-0.1, -0.05) is 36.8 Å². The standard InChI is InChI=1S/C25H35N3OS/c1-20-11-6-9-15-27(20)18-10-14-26-24(29)23-19-22(21-12-4-2-5-13-21)25(30-23)28-16-7-3-8-17-28/h2,4-5,12-13,19-20H,3,6-11,14-18H2,1H3,(H,26,29). The molecule has 3 heterocycles. The maximum atomic E-state index is 12.9. The van der Waals surface area contributed by atoms with Crippen molar-refractivity contribution in [2.45, 2.75) is 57.9 Å². The number of carbonyl (C=O) groups excluding carboxylic acids is 1. The van der Waals surface area contributed by atoms with E-state index in [1.165, 1.54) is 61.2 Å². The van der Waals surface area contributed by atoms with Crippen LogP contribution in [0.2, 0.25) is 0 Å². The van der Waals surface area contributed by atoms with Crippen LogP contribution in [0.5, 0.6) is 0 Å². The van der Waals surface area contributed by atoms with E-state index >= 15 is 0 Å². The summed E-state index contributed by atoms with van der Waals surface area (Å²) in [7, 11) is 0. The molecule has 1 unspecified atom stereocenters. The molecule has 1 aromatic carbocycles. The molecule has 2 fully saturated rings. The highest BCUT2D eigenvalue weighted by atomic mass is 32.1. The fraction of sp³-hybridized carbons (Fsp3) is 0.560. The van der Waals surface area contributed by atoms with Crippen LogP contribution >= 0.6 is 11.3 Å². The van der Waals surface area contributed by atoms with Gasteiger partial charge in [0.05, 0.1) is 9.88 Å². The largest absolute Gasteiger partial charge is 0.363 e. The number of nitrogens with one attached hydrogen (secondary N) is 1. The Kier molecular flexibility index (Phi) is 7.45. The van der Waals surface area contributed by atoms with Gasteiger partial charge in [0.25, 0.3) is 5.91 Å². The first-order valence-electron chi connectivity index (χ1n) is 11.7. The Bertz CT molecular complexity index is 813. The zero-order chi connectivity index (χ0) is 20.8. The second-order valence-electron chi connectivity index (χ2n) is 8.73. The molecule has 5 heteroatoms. The van der Waals surface area contributed by atoms with Crippen molar-refractivity contribution in [3.8, 4) is 11.1 Å². The molecule has 162 valence electrons. The first-order chi connectivity index (χ1) is 14.7. The molecule has 4 nitrogen and oxygen atoms in total. The molecule has 2 aliphatic heterocycles. The number of rotatable bonds is 7. The fourth-order valence-electron chi connectivity index (χ4n) is 4.71. The number of likely N-dealkylation sites (tertiary alicyclic amines) is 1. The van der Waals surface area contributed by atoms with Crippen molar-refractivity contribution in [1.29, 1.82) is 0 Å². The lowest BCUT2D eigenvalue weighted by molar-refractivity contribution is 0.0953. The quantitative estimate of drug-likeness (QED) is 0.603. The third-order valence-electron chi connectivity index (χ3n) is 6.51. The molecule has 30 heavy (non-hydrogen) atoms. The van der Waals surface area contributed by atoms with Crippen LogP contribution in [0.25, 0.3) is 11.1 Å². The molecule has 0 radical (unpaired) electrons. The summed E-state index contributed by atoms with van der Waals surface area (Å²) in [4.78, 5) is 18.8. The summed E-state index contributed by atoms with van der Waals surface area (Å²) in [6, 6.07) is 13.3. The Morgan fingerprint density at radius 1 is 1.07 bits per heavy atom. The maximum absolute atomic E-state index is 12.9. The Labute approximate surface area is 185 Å². The van der Waals surface area contributed by atoms with Gasteiger partial charge in [-0.05, 0) is 63.6 Å². The van der Waals surface area contributed by atoms with E-state index in [1.54, 1.807) is 11.3 Å². The summed E-state index contributed by atoms with van der Waals surface area (Å²) in [5, 5.41) is 4.43. The zero-order valence-corrected chi connectivity index (χ0v) is 19.1. The molecule has 1 N–H and O–H groups in total. The molecule has 0 spiro atoms. The molecular formula is C25H35N3OS. The number of thiophene rings is 1. The molecule has 1 atom stereocenters. The highest BCUT2D eigenvalue weighted by molar-refractivity contribution is 7.18. The molecular weight excluding hydrogens is 390 g/mol. The maximum Gasteiger partial charge on any atom is 0.261 e. The van der Waals surface area contributed by atoms with E-state index in [0.29, 0.717) is 6.04 Å². The van der Waals surface area contributed by atoms with Gasteiger partial charge in [0.1, 0.15) is 0 Å². The van der Waals surface area contributed by atoms with Gasteiger partial charge in [0.15, 0.2) is 0 Å². The lowest BCUT2D eigenvalue weighted by atomic mass is 10.0. The topological polar surface area (TPSA) is 35.6 Å². The number of hydrogen-bond donors (Lipinski definition) is 1. The van der Waals surface area contributed by atoms with Crippen LogP contribution in [0.1, 0.15) is 61.5 Å². The van der Waals surface area contributed by atoms with Crippen LogP contribution in [0.3, 0.4) is 0 Å². The Morgan fingerprint density at radius 2 is 1.83 bits per heavy atom. The Morgan fingerprint density at radius 3 is 2.60 bits per heavy atom. The van der Waals surface area contributed by atoms with Crippen LogP contribution in [-0.4, -0.2) is 49.6 Å². The molecule has 2 saturated heterocycles. The van der Waals surface area contributed by atoms with Gasteiger partial charge >= 0.3 is 0 Å². The summed E-state index contributed by atoms with van der Waals surface area (Å²) in [6.07, 6.45) is 8.79. The van der Waals surface area contributed by atoms with E-state index in [0.717, 1.165) is 37.5 Å². The number of piperidine rings is 2. The van der Waals surface area contributed by atoms with Crippen molar-refractivity contribution >= 4 is 22.2 Å². The van der Waals surface area contributed by atoms with E-state index in [1.807, 2.05) is 6.07 Å². The van der Waals surface area contributed by atoms with Crippen LogP contribution in [0.15, 0.2) is 36.4 Å². The third kappa shape index (κ3) is 5.25. The van der Waals surface area contributed by atoms with Crippen molar-refractivity contribution in [1.82, 2.24) is 10.2 Å². The molecule has 0 bridgehead atoms. The van der Waals surface area contributed by atoms with E-state index in [4.69, 9.17) is 0 Å². The minimum atomic E-state index is 0.0760. The van der Waals surface area contributed by atoms with E-state index < -0.39 is 0 Å². The molecule has 4 rings (SSSR count). The second-order valence-corrected chi connectivity index (χ2v) is 9.76. The second kappa shape index (κ2) is 10.5. The predicted octanol–water partition coefficient (Wildman–Crippen LogP) is 5.40. The number of benzene rings is 1. The fourth-order valence-corrected chi connectivity index (χ4v) is 5.86. The number of anilines is 1. The smallest absolute Gasteiger partial charge is 0.261 e. The predicted molar refractivity (Wildman–Crippen MR) is 128 cm³/mol. The average Bonchev–Trinajstić information content (AvgIpc) is 3.25. The van der Waals surface area contributed by atoms with E-state index in [9.17, 15) is 4.79 Å². The van der Waals surface area contributed by atoms with Gasteiger partial charge < -0.3 is 15.1 Å². The third-order valence-corrected chi connectivity index (χ3v) is 7.71. The number of amides is 1. The van der Waals surface area contributed by atoms with Gasteiger partial charge in [-0.2, -0.15) is 0 Å². The monoisotopic (exact) mass is 425 g/mol. The van der Waals surface area contributed by atoms with Gasteiger partial charge in [-0.3, -0.25) is 4.79 Å². The Hall–Kier alpha value is -1.85. The molecule has 1 aromatic heterocycles. The lowest BCUT2D eigenvalue weighted by Gasteiger charge is -2.33. The van der Waals surface area contributed by atoms with Crippen LogP contribution < -0.4 is 10.2 Å². The van der Waals surface area contributed by atoms with Crippen molar-refractivity contribution < 1.29 is 4.79 Å². The molecule has 1 amide bonds. The molecule has 0 saturated carbocycles. The first-order valence-corrected chi connectivity index (χ1v) is 12.5. The lowest BCUT2D eigenvalue weighted by Crippen LogP contribution is -2.39. The van der Waals surface area contributed by atoms with Crippen molar-refractivity contribution in [2.75, 3.05) is 37.6 Å². The van der Waals surface area contributed by atoms with Gasteiger partial charge in [0, 0.05) is 37.8 Å². The number of carbonyl (C=O) groups is 1. The molecule has 2 aromatic rings. The summed E-state index contributed by atoms with van der Waals surface area (Å²) in [5.41, 5.74) is 2.40. The normalized spacial score (nSPS) is 20.3. The number of hydrogen-bond acceptors (Lipinski definition) is 4. The van der Waals surface area contributed by atoms with E-state index in [-0.39, 0.29) is 5.91 Å². The minimum absolute atomic E-state index is 0.0760. The molecule has 2 aliphatic rings. The van der Waals surface area contributed by atoms with E-state index in [2.05, 4.69) is 52.4 Å². The first kappa shape index (κ1) is 21.4. The molecule has 0 aliphatic carbocycles. The summed E-state index contributed by atoms with van der Waals surface area (Å²) in [6.45, 7) is 7.56. The van der Waals surface area contributed by atoms with Gasteiger partial charge in [0.2, 0.25) is 0 Å². The van der Waals surface area contributed by atoms with Crippen LogP contribution in [-0.2, 0) is 0 Å². The highest BCUT2D eigenvalue weighted by Crippen LogP contribution is 2.40. The highest BCUT2D eigenvalue weighted by Gasteiger charge is 2.22. The average molecular weight is 426 g/mol. The van der Waals surface area contributed by atoms with Gasteiger partial charge in [-0.15, -0.1) is 11.3 Å². The van der Waals surface area contributed by atoms with Gasteiger partial charge in [-0.25, -0.2) is 0 Å². The minimum Gasteiger partial charge on any atom is -0.363 e. The zero-order valence-electron chi connectivity index (χ0n) is 18.2. The Balaban J connectivity index is 1.40. The van der Waals surface area contributed by atoms with Crippen LogP contribution in [0, 0.1) is 0 Å². The van der Waals surface area contributed by atoms with Crippen molar-refractivity contribution in [3.05, 3.63) is 41.3 Å². The SMILES string of the molecule is CC1CCCCN1CCCNC(=O)c1cc(-c2ccccc2)c(N2CCCCC2)s1. The van der Waals surface area contributed by atoms with Crippen molar-refractivity contribution in [3.63, 3.8) is 0 Å². The summed E-state index contributed by atoms with van der Waals surface area (Å²) in [5.74, 6) is 0.0760. The summed E-state index contributed by atoms with van der Waals surface area (Å²) >= 11 is 1.66. The summed E-state index contributed by atoms with van der Waals surface area (Å²) < 4.78 is 0.